The lowest BCUT2D eigenvalue weighted by atomic mass is 10.2. The highest BCUT2D eigenvalue weighted by Gasteiger charge is 2.11. The summed E-state index contributed by atoms with van der Waals surface area (Å²) in [5, 5.41) is 0.887. The van der Waals surface area contributed by atoms with E-state index in [2.05, 4.69) is 4.98 Å². The van der Waals surface area contributed by atoms with E-state index in [4.69, 9.17) is 4.42 Å². The molecule has 1 aromatic carbocycles. The number of rotatable bonds is 1. The molecule has 0 unspecified atom stereocenters. The first-order valence-electron chi connectivity index (χ1n) is 5.18. The number of furan rings is 1. The molecule has 2 heterocycles. The predicted octanol–water partition coefficient (Wildman–Crippen LogP) is 2.16. The number of hydrogen-bond acceptors (Lipinski definition) is 3. The summed E-state index contributed by atoms with van der Waals surface area (Å²) < 4.78 is 7.06. The van der Waals surface area contributed by atoms with Gasteiger partial charge in [-0.2, -0.15) is 0 Å². The van der Waals surface area contributed by atoms with Gasteiger partial charge < -0.3 is 4.42 Å². The largest absolute Gasteiger partial charge is 0.448 e. The van der Waals surface area contributed by atoms with Gasteiger partial charge in [0.15, 0.2) is 0 Å². The zero-order valence-corrected chi connectivity index (χ0v) is 8.80. The molecule has 0 spiro atoms. The van der Waals surface area contributed by atoms with Crippen LogP contribution in [0.1, 0.15) is 6.92 Å². The number of aromatic nitrogens is 2. The van der Waals surface area contributed by atoms with Crippen molar-refractivity contribution in [2.24, 2.45) is 0 Å². The Morgan fingerprint density at radius 2 is 2.19 bits per heavy atom. The van der Waals surface area contributed by atoms with Crippen LogP contribution < -0.4 is 5.56 Å². The molecule has 0 saturated carbocycles. The number of aryl methyl sites for hydroxylation is 1. The van der Waals surface area contributed by atoms with Crippen LogP contribution in [0.2, 0.25) is 0 Å². The van der Waals surface area contributed by atoms with Crippen molar-refractivity contribution in [3.63, 3.8) is 0 Å². The first-order valence-corrected chi connectivity index (χ1v) is 5.18. The van der Waals surface area contributed by atoms with Gasteiger partial charge >= 0.3 is 0 Å². The molecular weight excluding hydrogens is 204 g/mol. The Morgan fingerprint density at radius 1 is 1.38 bits per heavy atom. The van der Waals surface area contributed by atoms with E-state index < -0.39 is 0 Å². The Labute approximate surface area is 91.1 Å². The van der Waals surface area contributed by atoms with Crippen LogP contribution in [-0.4, -0.2) is 9.55 Å². The number of benzene rings is 1. The van der Waals surface area contributed by atoms with Crippen LogP contribution in [-0.2, 0) is 6.54 Å². The lowest BCUT2D eigenvalue weighted by molar-refractivity contribution is 0.637. The lowest BCUT2D eigenvalue weighted by Crippen LogP contribution is -2.18. The van der Waals surface area contributed by atoms with Gasteiger partial charge in [0, 0.05) is 11.9 Å². The molecule has 16 heavy (non-hydrogen) atoms. The van der Waals surface area contributed by atoms with Crippen LogP contribution >= 0.6 is 0 Å². The van der Waals surface area contributed by atoms with E-state index >= 15 is 0 Å². The fourth-order valence-electron chi connectivity index (χ4n) is 1.84. The second-order valence-electron chi connectivity index (χ2n) is 3.61. The Balaban J connectivity index is 2.55. The van der Waals surface area contributed by atoms with Gasteiger partial charge in [-0.05, 0) is 19.1 Å². The molecule has 80 valence electrons. The molecule has 0 radical (unpaired) electrons. The Hall–Kier alpha value is -2.10. The maximum absolute atomic E-state index is 12.0. The Bertz CT molecular complexity index is 725. The molecule has 3 aromatic rings. The van der Waals surface area contributed by atoms with Crippen LogP contribution in [0, 0.1) is 0 Å². The van der Waals surface area contributed by atoms with Gasteiger partial charge in [-0.1, -0.05) is 12.1 Å². The van der Waals surface area contributed by atoms with E-state index in [1.54, 1.807) is 6.33 Å². The van der Waals surface area contributed by atoms with Gasteiger partial charge in [-0.15, -0.1) is 0 Å². The molecule has 0 saturated heterocycles. The van der Waals surface area contributed by atoms with Gasteiger partial charge in [0.2, 0.25) is 5.58 Å². The summed E-state index contributed by atoms with van der Waals surface area (Å²) in [5.74, 6) is 0. The molecule has 4 heteroatoms. The van der Waals surface area contributed by atoms with Gasteiger partial charge in [0.05, 0.1) is 6.33 Å². The molecular formula is C12H10N2O2. The molecule has 2 aromatic heterocycles. The van der Waals surface area contributed by atoms with Crippen LogP contribution in [0.5, 0.6) is 0 Å². The van der Waals surface area contributed by atoms with Crippen molar-refractivity contribution >= 4 is 22.1 Å². The highest BCUT2D eigenvalue weighted by atomic mass is 16.3. The molecule has 0 aliphatic heterocycles. The van der Waals surface area contributed by atoms with E-state index in [1.807, 2.05) is 31.2 Å². The molecule has 0 atom stereocenters. The van der Waals surface area contributed by atoms with E-state index in [-0.39, 0.29) is 5.56 Å². The lowest BCUT2D eigenvalue weighted by Gasteiger charge is -1.97. The average molecular weight is 214 g/mol. The van der Waals surface area contributed by atoms with Gasteiger partial charge in [0.25, 0.3) is 5.56 Å². The summed E-state index contributed by atoms with van der Waals surface area (Å²) in [7, 11) is 0. The number of para-hydroxylation sites is 1. The first-order chi connectivity index (χ1) is 7.81. The maximum atomic E-state index is 12.0. The topological polar surface area (TPSA) is 48.0 Å². The first kappa shape index (κ1) is 9.15. The number of nitrogens with zero attached hydrogens (tertiary/aromatic N) is 2. The minimum absolute atomic E-state index is 0.122. The van der Waals surface area contributed by atoms with E-state index in [9.17, 15) is 4.79 Å². The monoisotopic (exact) mass is 214 g/mol. The van der Waals surface area contributed by atoms with Crippen molar-refractivity contribution in [3.8, 4) is 0 Å². The fourth-order valence-corrected chi connectivity index (χ4v) is 1.84. The highest BCUT2D eigenvalue weighted by molar-refractivity contribution is 6.01. The summed E-state index contributed by atoms with van der Waals surface area (Å²) in [6.07, 6.45) is 1.56. The Kier molecular flexibility index (Phi) is 1.83. The van der Waals surface area contributed by atoms with Crippen LogP contribution in [0.25, 0.3) is 22.1 Å². The molecule has 0 bridgehead atoms. The third-order valence-electron chi connectivity index (χ3n) is 2.69. The second kappa shape index (κ2) is 3.20. The summed E-state index contributed by atoms with van der Waals surface area (Å²) in [4.78, 5) is 16.2. The van der Waals surface area contributed by atoms with Crippen LogP contribution in [0.15, 0.2) is 39.8 Å². The molecule has 0 N–H and O–H groups in total. The minimum Gasteiger partial charge on any atom is -0.448 e. The zero-order chi connectivity index (χ0) is 11.1. The Morgan fingerprint density at radius 3 is 3.00 bits per heavy atom. The fraction of sp³-hybridized carbons (Fsp3) is 0.167. The number of fused-ring (bicyclic) bond motifs is 3. The number of hydrogen-bond donors (Lipinski definition) is 0. The predicted molar refractivity (Wildman–Crippen MR) is 61.4 cm³/mol. The van der Waals surface area contributed by atoms with Gasteiger partial charge in [-0.25, -0.2) is 4.98 Å². The van der Waals surface area contributed by atoms with Crippen LogP contribution in [0.4, 0.5) is 0 Å². The standard InChI is InChI=1S/C12H10N2O2/c1-2-14-7-13-10-8-5-3-4-6-9(8)16-11(10)12(14)15/h3-7H,2H2,1H3. The highest BCUT2D eigenvalue weighted by Crippen LogP contribution is 2.23. The van der Waals surface area contributed by atoms with E-state index in [0.29, 0.717) is 23.2 Å². The quantitative estimate of drug-likeness (QED) is 0.623. The van der Waals surface area contributed by atoms with E-state index in [0.717, 1.165) is 5.39 Å². The third kappa shape index (κ3) is 1.10. The second-order valence-corrected chi connectivity index (χ2v) is 3.61. The summed E-state index contributed by atoms with van der Waals surface area (Å²) >= 11 is 0. The zero-order valence-electron chi connectivity index (χ0n) is 8.80. The molecule has 0 amide bonds. The molecule has 4 nitrogen and oxygen atoms in total. The van der Waals surface area contributed by atoms with Crippen molar-refractivity contribution in [2.75, 3.05) is 0 Å². The minimum atomic E-state index is -0.122. The molecule has 3 rings (SSSR count). The smallest absolute Gasteiger partial charge is 0.297 e. The van der Waals surface area contributed by atoms with E-state index in [1.165, 1.54) is 4.57 Å². The van der Waals surface area contributed by atoms with Crippen molar-refractivity contribution in [1.82, 2.24) is 9.55 Å². The molecule has 0 aliphatic carbocycles. The average Bonchev–Trinajstić information content (AvgIpc) is 2.69. The SMILES string of the molecule is CCn1cnc2c(oc3ccccc32)c1=O. The summed E-state index contributed by atoms with van der Waals surface area (Å²) in [6, 6.07) is 7.53. The molecule has 0 fully saturated rings. The van der Waals surface area contributed by atoms with Crippen molar-refractivity contribution in [1.29, 1.82) is 0 Å². The van der Waals surface area contributed by atoms with Crippen molar-refractivity contribution in [3.05, 3.63) is 40.9 Å². The van der Waals surface area contributed by atoms with Crippen molar-refractivity contribution < 1.29 is 4.42 Å². The van der Waals surface area contributed by atoms with Crippen molar-refractivity contribution in [2.45, 2.75) is 13.5 Å². The third-order valence-corrected chi connectivity index (χ3v) is 2.69. The normalized spacial score (nSPS) is 11.3. The maximum Gasteiger partial charge on any atom is 0.297 e. The van der Waals surface area contributed by atoms with Crippen LogP contribution in [0.3, 0.4) is 0 Å². The summed E-state index contributed by atoms with van der Waals surface area (Å²) in [6.45, 7) is 2.50. The van der Waals surface area contributed by atoms with Gasteiger partial charge in [-0.3, -0.25) is 9.36 Å². The van der Waals surface area contributed by atoms with Gasteiger partial charge in [0.1, 0.15) is 11.1 Å². The summed E-state index contributed by atoms with van der Waals surface area (Å²) in [5.41, 5.74) is 1.57. The molecule has 0 aliphatic rings.